The van der Waals surface area contributed by atoms with Gasteiger partial charge >= 0.3 is 5.97 Å². The van der Waals surface area contributed by atoms with Crippen LogP contribution in [0.15, 0.2) is 24.3 Å². The van der Waals surface area contributed by atoms with Crippen molar-refractivity contribution in [3.05, 3.63) is 35.6 Å². The number of hydrogen-bond acceptors (Lipinski definition) is 3. The minimum Gasteiger partial charge on any atom is -0.464 e. The summed E-state index contributed by atoms with van der Waals surface area (Å²) < 4.78 is 19.2. The second kappa shape index (κ2) is 5.92. The normalized spacial score (nSPS) is 22.8. The molecule has 1 saturated heterocycles. The summed E-state index contributed by atoms with van der Waals surface area (Å²) in [7, 11) is 0. The van der Waals surface area contributed by atoms with Crippen LogP contribution in [0.4, 0.5) is 4.39 Å². The highest BCUT2D eigenvalue weighted by molar-refractivity contribution is 5.75. The number of nitrogens with one attached hydrogen (secondary N) is 1. The zero-order valence-corrected chi connectivity index (χ0v) is 12.3. The van der Waals surface area contributed by atoms with E-state index in [9.17, 15) is 9.18 Å². The minimum atomic E-state index is -0.508. The van der Waals surface area contributed by atoms with Crippen molar-refractivity contribution in [3.63, 3.8) is 0 Å². The average Bonchev–Trinajstić information content (AvgIpc) is 2.83. The Morgan fingerprint density at radius 1 is 1.40 bits per heavy atom. The molecule has 0 bridgehead atoms. The van der Waals surface area contributed by atoms with Crippen LogP contribution in [0.3, 0.4) is 0 Å². The number of benzene rings is 1. The van der Waals surface area contributed by atoms with E-state index in [0.29, 0.717) is 5.56 Å². The van der Waals surface area contributed by atoms with Crippen molar-refractivity contribution in [2.45, 2.75) is 39.2 Å². The fourth-order valence-electron chi connectivity index (χ4n) is 2.47. The quantitative estimate of drug-likeness (QED) is 0.865. The molecule has 1 aliphatic rings. The summed E-state index contributed by atoms with van der Waals surface area (Å²) in [6.07, 6.45) is 0.860. The van der Waals surface area contributed by atoms with Gasteiger partial charge in [0.15, 0.2) is 0 Å². The van der Waals surface area contributed by atoms with E-state index in [1.54, 1.807) is 6.07 Å². The van der Waals surface area contributed by atoms with Crippen LogP contribution in [-0.2, 0) is 9.53 Å². The largest absolute Gasteiger partial charge is 0.464 e. The van der Waals surface area contributed by atoms with E-state index in [4.69, 9.17) is 4.74 Å². The van der Waals surface area contributed by atoms with Gasteiger partial charge in [-0.2, -0.15) is 0 Å². The van der Waals surface area contributed by atoms with Crippen molar-refractivity contribution in [2.24, 2.45) is 5.41 Å². The molecular weight excluding hydrogens is 257 g/mol. The number of rotatable bonds is 3. The third-order valence-corrected chi connectivity index (χ3v) is 3.66. The molecule has 1 heterocycles. The van der Waals surface area contributed by atoms with Gasteiger partial charge in [-0.15, -0.1) is 0 Å². The molecule has 1 aromatic carbocycles. The van der Waals surface area contributed by atoms with Gasteiger partial charge in [0.2, 0.25) is 0 Å². The molecule has 0 aliphatic carbocycles. The summed E-state index contributed by atoms with van der Waals surface area (Å²) in [5.74, 6) is -0.351. The third kappa shape index (κ3) is 3.37. The van der Waals surface area contributed by atoms with E-state index in [0.717, 1.165) is 13.0 Å². The van der Waals surface area contributed by atoms with Crippen LogP contribution < -0.4 is 5.32 Å². The first-order chi connectivity index (χ1) is 9.39. The molecule has 0 saturated carbocycles. The highest BCUT2D eigenvalue weighted by Gasteiger charge is 2.32. The van der Waals surface area contributed by atoms with Gasteiger partial charge in [-0.3, -0.25) is 4.79 Å². The Kier molecular flexibility index (Phi) is 4.43. The van der Waals surface area contributed by atoms with Crippen molar-refractivity contribution >= 4 is 5.97 Å². The molecule has 110 valence electrons. The zero-order chi connectivity index (χ0) is 14.8. The van der Waals surface area contributed by atoms with Crippen molar-refractivity contribution in [1.82, 2.24) is 5.32 Å². The fraction of sp³-hybridized carbons (Fsp3) is 0.562. The maximum Gasteiger partial charge on any atom is 0.311 e. The van der Waals surface area contributed by atoms with Crippen LogP contribution in [0, 0.1) is 11.2 Å². The first-order valence-corrected chi connectivity index (χ1v) is 7.04. The molecule has 2 rings (SSSR count). The Hall–Kier alpha value is -1.42. The summed E-state index contributed by atoms with van der Waals surface area (Å²) in [5.41, 5.74) is 0.195. The Balaban J connectivity index is 2.02. The predicted octanol–water partition coefficient (Wildman–Crippen LogP) is 2.86. The van der Waals surface area contributed by atoms with Crippen LogP contribution in [0.25, 0.3) is 0 Å². The van der Waals surface area contributed by atoms with E-state index < -0.39 is 5.41 Å². The molecule has 3 nitrogen and oxygen atoms in total. The van der Waals surface area contributed by atoms with Crippen LogP contribution in [0.1, 0.15) is 38.7 Å². The summed E-state index contributed by atoms with van der Waals surface area (Å²) >= 11 is 0. The van der Waals surface area contributed by atoms with Gasteiger partial charge in [-0.25, -0.2) is 4.39 Å². The average molecular weight is 279 g/mol. The second-order valence-corrected chi connectivity index (χ2v) is 6.33. The Bertz CT molecular complexity index is 482. The van der Waals surface area contributed by atoms with Crippen LogP contribution in [0.2, 0.25) is 0 Å². The Labute approximate surface area is 119 Å². The van der Waals surface area contributed by atoms with Crippen LogP contribution in [-0.4, -0.2) is 25.2 Å². The Morgan fingerprint density at radius 2 is 2.10 bits per heavy atom. The lowest BCUT2D eigenvalue weighted by molar-refractivity contribution is -0.153. The molecule has 1 N–H and O–H groups in total. The standard InChI is InChI=1S/C16H22FNO2/c1-16(2,3)15(19)20-10-14-12(8-9-18-14)11-6-4-5-7-13(11)17/h4-7,12,14,18H,8-10H2,1-3H3. The van der Waals surface area contributed by atoms with E-state index in [1.807, 2.05) is 32.9 Å². The van der Waals surface area contributed by atoms with Crippen LogP contribution in [0.5, 0.6) is 0 Å². The molecule has 2 atom stereocenters. The molecule has 1 aliphatic heterocycles. The van der Waals surface area contributed by atoms with E-state index in [1.165, 1.54) is 6.07 Å². The summed E-state index contributed by atoms with van der Waals surface area (Å²) in [6.45, 7) is 6.58. The van der Waals surface area contributed by atoms with E-state index in [2.05, 4.69) is 5.32 Å². The lowest BCUT2D eigenvalue weighted by atomic mass is 9.91. The summed E-state index contributed by atoms with van der Waals surface area (Å²) in [5, 5.41) is 3.30. The minimum absolute atomic E-state index is 0.0156. The van der Waals surface area contributed by atoms with Gasteiger partial charge in [-0.1, -0.05) is 18.2 Å². The summed E-state index contributed by atoms with van der Waals surface area (Å²) in [6, 6.07) is 6.81. The number of carbonyl (C=O) groups is 1. The number of carbonyl (C=O) groups excluding carboxylic acids is 1. The lowest BCUT2D eigenvalue weighted by Crippen LogP contribution is -2.35. The number of hydrogen-bond donors (Lipinski definition) is 1. The first-order valence-electron chi connectivity index (χ1n) is 7.04. The lowest BCUT2D eigenvalue weighted by Gasteiger charge is -2.23. The highest BCUT2D eigenvalue weighted by Crippen LogP contribution is 2.30. The molecule has 4 heteroatoms. The number of halogens is 1. The molecule has 1 fully saturated rings. The SMILES string of the molecule is CC(C)(C)C(=O)OCC1NCCC1c1ccccc1F. The summed E-state index contributed by atoms with van der Waals surface area (Å²) in [4.78, 5) is 11.8. The fourth-order valence-corrected chi connectivity index (χ4v) is 2.47. The van der Waals surface area contributed by atoms with Crippen molar-refractivity contribution in [3.8, 4) is 0 Å². The van der Waals surface area contributed by atoms with Gasteiger partial charge in [-0.05, 0) is 45.4 Å². The molecule has 0 radical (unpaired) electrons. The van der Waals surface area contributed by atoms with Crippen LogP contribution >= 0.6 is 0 Å². The van der Waals surface area contributed by atoms with E-state index in [-0.39, 0.29) is 30.4 Å². The highest BCUT2D eigenvalue weighted by atomic mass is 19.1. The molecule has 20 heavy (non-hydrogen) atoms. The third-order valence-electron chi connectivity index (χ3n) is 3.66. The van der Waals surface area contributed by atoms with Crippen molar-refractivity contribution in [2.75, 3.05) is 13.2 Å². The van der Waals surface area contributed by atoms with Gasteiger partial charge in [0, 0.05) is 12.0 Å². The van der Waals surface area contributed by atoms with Crippen molar-refractivity contribution in [1.29, 1.82) is 0 Å². The maximum absolute atomic E-state index is 13.9. The molecule has 0 amide bonds. The molecular formula is C16H22FNO2. The number of ether oxygens (including phenoxy) is 1. The first kappa shape index (κ1) is 15.0. The molecule has 1 aromatic rings. The topological polar surface area (TPSA) is 38.3 Å². The van der Waals surface area contributed by atoms with Gasteiger partial charge in [0.25, 0.3) is 0 Å². The van der Waals surface area contributed by atoms with Gasteiger partial charge < -0.3 is 10.1 Å². The second-order valence-electron chi connectivity index (χ2n) is 6.33. The Morgan fingerprint density at radius 3 is 2.75 bits per heavy atom. The zero-order valence-electron chi connectivity index (χ0n) is 12.3. The number of esters is 1. The van der Waals surface area contributed by atoms with Gasteiger partial charge in [0.05, 0.1) is 5.41 Å². The monoisotopic (exact) mass is 279 g/mol. The molecule has 0 spiro atoms. The molecule has 2 unspecified atom stereocenters. The van der Waals surface area contributed by atoms with Gasteiger partial charge in [0.1, 0.15) is 12.4 Å². The smallest absolute Gasteiger partial charge is 0.311 e. The van der Waals surface area contributed by atoms with E-state index >= 15 is 0 Å². The molecule has 0 aromatic heterocycles. The van der Waals surface area contributed by atoms with Crippen molar-refractivity contribution < 1.29 is 13.9 Å². The predicted molar refractivity (Wildman–Crippen MR) is 76.0 cm³/mol. The maximum atomic E-state index is 13.9.